The van der Waals surface area contributed by atoms with Gasteiger partial charge in [-0.1, -0.05) is 41.9 Å². The van der Waals surface area contributed by atoms with Crippen molar-refractivity contribution in [3.63, 3.8) is 0 Å². The van der Waals surface area contributed by atoms with E-state index in [1.54, 1.807) is 12.3 Å². The number of benzene rings is 2. The highest BCUT2D eigenvalue weighted by Gasteiger charge is 2.22. The fraction of sp³-hybridized carbons (Fsp3) is 0.250. The van der Waals surface area contributed by atoms with Gasteiger partial charge in [0, 0.05) is 50.7 Å². The van der Waals surface area contributed by atoms with Crippen LogP contribution in [-0.2, 0) is 13.2 Å². The molecule has 154 valence electrons. The van der Waals surface area contributed by atoms with Gasteiger partial charge in [0.2, 0.25) is 0 Å². The Morgan fingerprint density at radius 2 is 1.77 bits per heavy atom. The van der Waals surface area contributed by atoms with Gasteiger partial charge >= 0.3 is 0 Å². The molecule has 0 saturated carbocycles. The van der Waals surface area contributed by atoms with Crippen LogP contribution in [0.5, 0.6) is 5.75 Å². The third-order valence-corrected chi connectivity index (χ3v) is 5.51. The SMILES string of the molecule is O=C(c1cccc(COc2ccccc2Cl)c1)N1CCN(Cc2cccnc2)CC1. The van der Waals surface area contributed by atoms with Crippen molar-refractivity contribution in [1.29, 1.82) is 0 Å². The van der Waals surface area contributed by atoms with E-state index >= 15 is 0 Å². The molecule has 0 N–H and O–H groups in total. The number of ether oxygens (including phenoxy) is 1. The fourth-order valence-electron chi connectivity index (χ4n) is 3.56. The number of halogens is 1. The van der Waals surface area contributed by atoms with Crippen LogP contribution in [-0.4, -0.2) is 46.9 Å². The molecule has 0 radical (unpaired) electrons. The van der Waals surface area contributed by atoms with Crippen LogP contribution in [0, 0.1) is 0 Å². The van der Waals surface area contributed by atoms with E-state index in [-0.39, 0.29) is 5.91 Å². The van der Waals surface area contributed by atoms with Gasteiger partial charge in [-0.05, 0) is 41.5 Å². The van der Waals surface area contributed by atoms with E-state index in [0.29, 0.717) is 22.9 Å². The summed E-state index contributed by atoms with van der Waals surface area (Å²) in [6.07, 6.45) is 3.68. The molecule has 1 aromatic heterocycles. The van der Waals surface area contributed by atoms with Gasteiger partial charge in [0.05, 0.1) is 5.02 Å². The van der Waals surface area contributed by atoms with Crippen LogP contribution in [0.2, 0.25) is 5.02 Å². The molecule has 1 amide bonds. The Morgan fingerprint density at radius 3 is 2.53 bits per heavy atom. The molecule has 4 rings (SSSR count). The topological polar surface area (TPSA) is 45.7 Å². The maximum absolute atomic E-state index is 13.0. The van der Waals surface area contributed by atoms with Crippen LogP contribution in [0.3, 0.4) is 0 Å². The third-order valence-electron chi connectivity index (χ3n) is 5.19. The van der Waals surface area contributed by atoms with Gasteiger partial charge in [-0.15, -0.1) is 0 Å². The number of pyridine rings is 1. The van der Waals surface area contributed by atoms with Gasteiger partial charge in [-0.25, -0.2) is 0 Å². The second-order valence-corrected chi connectivity index (χ2v) is 7.76. The lowest BCUT2D eigenvalue weighted by Crippen LogP contribution is -2.48. The highest BCUT2D eigenvalue weighted by atomic mass is 35.5. The number of piperazine rings is 1. The summed E-state index contributed by atoms with van der Waals surface area (Å²) >= 11 is 6.14. The van der Waals surface area contributed by atoms with Gasteiger partial charge in [-0.2, -0.15) is 0 Å². The van der Waals surface area contributed by atoms with Crippen LogP contribution in [0.25, 0.3) is 0 Å². The maximum Gasteiger partial charge on any atom is 0.253 e. The molecule has 1 aliphatic heterocycles. The smallest absolute Gasteiger partial charge is 0.253 e. The Hall–Kier alpha value is -2.89. The van der Waals surface area contributed by atoms with Crippen molar-refractivity contribution in [2.45, 2.75) is 13.2 Å². The van der Waals surface area contributed by atoms with Gasteiger partial charge < -0.3 is 9.64 Å². The molecule has 1 saturated heterocycles. The van der Waals surface area contributed by atoms with Crippen LogP contribution in [0.1, 0.15) is 21.5 Å². The monoisotopic (exact) mass is 421 g/mol. The molecule has 2 aromatic carbocycles. The van der Waals surface area contributed by atoms with E-state index in [0.717, 1.165) is 38.3 Å². The molecule has 1 fully saturated rings. The molecule has 0 atom stereocenters. The van der Waals surface area contributed by atoms with E-state index in [2.05, 4.69) is 16.0 Å². The minimum absolute atomic E-state index is 0.0654. The highest BCUT2D eigenvalue weighted by molar-refractivity contribution is 6.32. The summed E-state index contributed by atoms with van der Waals surface area (Å²) in [6, 6.07) is 19.0. The molecule has 0 bridgehead atoms. The summed E-state index contributed by atoms with van der Waals surface area (Å²) in [5, 5.41) is 0.578. The minimum atomic E-state index is 0.0654. The number of rotatable bonds is 6. The summed E-state index contributed by atoms with van der Waals surface area (Å²) in [7, 11) is 0. The van der Waals surface area contributed by atoms with Crippen molar-refractivity contribution < 1.29 is 9.53 Å². The molecule has 0 unspecified atom stereocenters. The van der Waals surface area contributed by atoms with E-state index < -0.39 is 0 Å². The van der Waals surface area contributed by atoms with Crippen molar-refractivity contribution in [2.75, 3.05) is 26.2 Å². The first-order chi connectivity index (χ1) is 14.7. The van der Waals surface area contributed by atoms with E-state index in [1.807, 2.05) is 59.6 Å². The largest absolute Gasteiger partial charge is 0.487 e. The molecular weight excluding hydrogens is 398 g/mol. The van der Waals surface area contributed by atoms with Crippen LogP contribution < -0.4 is 4.74 Å². The molecule has 0 aliphatic carbocycles. The first-order valence-corrected chi connectivity index (χ1v) is 10.4. The zero-order chi connectivity index (χ0) is 20.8. The number of hydrogen-bond acceptors (Lipinski definition) is 4. The normalized spacial score (nSPS) is 14.5. The standard InChI is InChI=1S/C24H24ClN3O2/c25-22-8-1-2-9-23(22)30-18-19-5-3-7-21(15-19)24(29)28-13-11-27(12-14-28)17-20-6-4-10-26-16-20/h1-10,15-16H,11-14,17-18H2. The minimum Gasteiger partial charge on any atom is -0.487 e. The number of hydrogen-bond donors (Lipinski definition) is 0. The van der Waals surface area contributed by atoms with Crippen molar-refractivity contribution in [3.8, 4) is 5.75 Å². The number of carbonyl (C=O) groups excluding carboxylic acids is 1. The Morgan fingerprint density at radius 1 is 0.967 bits per heavy atom. The Bertz CT molecular complexity index is 989. The van der Waals surface area contributed by atoms with E-state index in [1.165, 1.54) is 5.56 Å². The number of para-hydroxylation sites is 1. The van der Waals surface area contributed by atoms with Crippen LogP contribution >= 0.6 is 11.6 Å². The Labute approximate surface area is 181 Å². The summed E-state index contributed by atoms with van der Waals surface area (Å²) in [6.45, 7) is 4.39. The molecule has 0 spiro atoms. The van der Waals surface area contributed by atoms with Crippen molar-refractivity contribution in [1.82, 2.24) is 14.8 Å². The zero-order valence-electron chi connectivity index (χ0n) is 16.7. The zero-order valence-corrected chi connectivity index (χ0v) is 17.5. The number of aromatic nitrogens is 1. The van der Waals surface area contributed by atoms with Gasteiger partial charge in [-0.3, -0.25) is 14.7 Å². The van der Waals surface area contributed by atoms with Crippen LogP contribution in [0.4, 0.5) is 0 Å². The molecule has 3 aromatic rings. The quantitative estimate of drug-likeness (QED) is 0.596. The molecule has 1 aliphatic rings. The summed E-state index contributed by atoms with van der Waals surface area (Å²) in [5.41, 5.74) is 2.83. The maximum atomic E-state index is 13.0. The molecule has 6 heteroatoms. The van der Waals surface area contributed by atoms with Crippen LogP contribution in [0.15, 0.2) is 73.1 Å². The van der Waals surface area contributed by atoms with E-state index in [4.69, 9.17) is 16.3 Å². The average Bonchev–Trinajstić information content (AvgIpc) is 2.79. The van der Waals surface area contributed by atoms with Crippen molar-refractivity contribution in [3.05, 3.63) is 94.8 Å². The van der Waals surface area contributed by atoms with Gasteiger partial charge in [0.25, 0.3) is 5.91 Å². The fourth-order valence-corrected chi connectivity index (χ4v) is 3.75. The summed E-state index contributed by atoms with van der Waals surface area (Å²) in [5.74, 6) is 0.705. The van der Waals surface area contributed by atoms with E-state index in [9.17, 15) is 4.79 Å². The second-order valence-electron chi connectivity index (χ2n) is 7.35. The van der Waals surface area contributed by atoms with Gasteiger partial charge in [0.1, 0.15) is 12.4 Å². The highest BCUT2D eigenvalue weighted by Crippen LogP contribution is 2.24. The Kier molecular flexibility index (Phi) is 6.62. The Balaban J connectivity index is 1.32. The lowest BCUT2D eigenvalue weighted by atomic mass is 10.1. The predicted octanol–water partition coefficient (Wildman–Crippen LogP) is 4.27. The first-order valence-electron chi connectivity index (χ1n) is 10.1. The first kappa shape index (κ1) is 20.4. The predicted molar refractivity (Wildman–Crippen MR) is 118 cm³/mol. The number of nitrogens with zero attached hydrogens (tertiary/aromatic N) is 3. The number of amides is 1. The molecule has 2 heterocycles. The average molecular weight is 422 g/mol. The molecular formula is C24H24ClN3O2. The molecule has 30 heavy (non-hydrogen) atoms. The summed E-state index contributed by atoms with van der Waals surface area (Å²) in [4.78, 5) is 21.4. The lowest BCUT2D eigenvalue weighted by molar-refractivity contribution is 0.0628. The lowest BCUT2D eigenvalue weighted by Gasteiger charge is -2.34. The second kappa shape index (κ2) is 9.74. The van der Waals surface area contributed by atoms with Crippen molar-refractivity contribution >= 4 is 17.5 Å². The summed E-state index contributed by atoms with van der Waals surface area (Å²) < 4.78 is 5.81. The third kappa shape index (κ3) is 5.17. The molecule has 5 nitrogen and oxygen atoms in total. The number of carbonyl (C=O) groups is 1. The van der Waals surface area contributed by atoms with Gasteiger partial charge in [0.15, 0.2) is 0 Å². The van der Waals surface area contributed by atoms with Crippen molar-refractivity contribution in [2.24, 2.45) is 0 Å².